The zero-order chi connectivity index (χ0) is 2.71. The third-order valence-electron chi connectivity index (χ3n) is 0. The van der Waals surface area contributed by atoms with Crippen LogP contribution in [0.1, 0.15) is 6.92 Å². The van der Waals surface area contributed by atoms with Gasteiger partial charge in [0.25, 0.3) is 0 Å². The molecule has 0 aromatic carbocycles. The lowest BCUT2D eigenvalue weighted by Crippen LogP contribution is -1.10. The van der Waals surface area contributed by atoms with Crippen LogP contribution in [0.3, 0.4) is 0 Å². The summed E-state index contributed by atoms with van der Waals surface area (Å²) in [5.41, 5.74) is 0. The molecule has 0 saturated heterocycles. The molecule has 8 nitrogen and oxygen atoms in total. The van der Waals surface area contributed by atoms with E-state index in [0.29, 0.717) is 0 Å². The molecule has 0 amide bonds. The molecule has 10 heavy (non-hydrogen) atoms. The monoisotopic (exact) mass is 167 g/mol. The van der Waals surface area contributed by atoms with Crippen LogP contribution in [-0.2, 0) is 0 Å². The topological polar surface area (TPSA) is 244 Å². The lowest BCUT2D eigenvalue weighted by molar-refractivity contribution is 0.823. The van der Waals surface area contributed by atoms with Crippen LogP contribution >= 0.6 is 0 Å². The molecule has 0 aliphatic carbocycles. The van der Waals surface area contributed by atoms with Crippen molar-refractivity contribution in [2.45, 2.75) is 6.92 Å². The molecular weight excluding hydrogens is 150 g/mol. The average molecular weight is 167 g/mol. The van der Waals surface area contributed by atoms with Crippen molar-refractivity contribution in [3.8, 4) is 6.07 Å². The second-order valence-electron chi connectivity index (χ2n) is 0.224. The molecular formula is C2H17NO7. The largest absolute Gasteiger partial charge is 0.412 e. The van der Waals surface area contributed by atoms with Gasteiger partial charge in [0, 0.05) is 6.92 Å². The molecule has 0 aromatic heterocycles. The molecule has 0 aliphatic heterocycles. The Morgan fingerprint density at radius 2 is 0.700 bits per heavy atom. The zero-order valence-electron chi connectivity index (χ0n) is 5.45. The zero-order valence-corrected chi connectivity index (χ0v) is 5.45. The fraction of sp³-hybridized carbons (Fsp3) is 0.500. The van der Waals surface area contributed by atoms with Gasteiger partial charge < -0.3 is 38.3 Å². The first-order valence-corrected chi connectivity index (χ1v) is 0.724. The highest BCUT2D eigenvalue weighted by molar-refractivity contribution is 4.51. The van der Waals surface area contributed by atoms with Gasteiger partial charge in [-0.2, -0.15) is 5.26 Å². The lowest BCUT2D eigenvalue weighted by Gasteiger charge is -1.15. The molecule has 0 atom stereocenters. The summed E-state index contributed by atoms with van der Waals surface area (Å²) in [4.78, 5) is 0. The van der Waals surface area contributed by atoms with E-state index < -0.39 is 0 Å². The van der Waals surface area contributed by atoms with E-state index in [0.717, 1.165) is 0 Å². The van der Waals surface area contributed by atoms with Gasteiger partial charge in [0.15, 0.2) is 0 Å². The Morgan fingerprint density at radius 1 is 0.700 bits per heavy atom. The first kappa shape index (κ1) is 424. The maximum absolute atomic E-state index is 7.32. The predicted octanol–water partition coefficient (Wildman–Crippen LogP) is -5.24. The van der Waals surface area contributed by atoms with E-state index in [-0.39, 0.29) is 38.3 Å². The Morgan fingerprint density at radius 3 is 0.700 bits per heavy atom. The van der Waals surface area contributed by atoms with Crippen LogP contribution < -0.4 is 0 Å². The summed E-state index contributed by atoms with van der Waals surface area (Å²) in [5, 5.41) is 7.32. The van der Waals surface area contributed by atoms with Gasteiger partial charge >= 0.3 is 0 Å². The summed E-state index contributed by atoms with van der Waals surface area (Å²) in [7, 11) is 0. The van der Waals surface area contributed by atoms with E-state index in [2.05, 4.69) is 0 Å². The van der Waals surface area contributed by atoms with Gasteiger partial charge in [-0.25, -0.2) is 0 Å². The van der Waals surface area contributed by atoms with E-state index in [1.54, 1.807) is 6.07 Å². The molecule has 0 spiro atoms. The lowest BCUT2D eigenvalue weighted by atomic mass is 11.0. The number of nitrogens with zero attached hydrogens (tertiary/aromatic N) is 1. The van der Waals surface area contributed by atoms with Crippen LogP contribution in [0.2, 0.25) is 0 Å². The number of rotatable bonds is 0. The standard InChI is InChI=1S/C2H3N.7H2O/c1-2-3;;;;;;;/h1H3;7*1H2. The second-order valence-corrected chi connectivity index (χ2v) is 0.224. The second kappa shape index (κ2) is 9680. The van der Waals surface area contributed by atoms with Crippen molar-refractivity contribution in [3.63, 3.8) is 0 Å². The summed E-state index contributed by atoms with van der Waals surface area (Å²) < 4.78 is 0. The van der Waals surface area contributed by atoms with E-state index in [4.69, 9.17) is 5.26 Å². The Bertz CT molecular complexity index is 33.1. The number of nitriles is 1. The van der Waals surface area contributed by atoms with Crippen LogP contribution in [0.4, 0.5) is 0 Å². The van der Waals surface area contributed by atoms with Crippen LogP contribution in [0, 0.1) is 11.3 Å². The molecule has 0 heterocycles. The average Bonchev–Trinajstić information content (AvgIpc) is 0.918. The van der Waals surface area contributed by atoms with Gasteiger partial charge in [0.05, 0.1) is 6.07 Å². The molecule has 0 bridgehead atoms. The maximum atomic E-state index is 7.32. The van der Waals surface area contributed by atoms with Gasteiger partial charge in [-0.05, 0) is 0 Å². The Labute approximate surface area is 57.9 Å². The molecule has 8 heteroatoms. The fourth-order valence-corrected chi connectivity index (χ4v) is 0. The minimum Gasteiger partial charge on any atom is -0.412 e. The van der Waals surface area contributed by atoms with Crippen molar-refractivity contribution in [1.29, 1.82) is 5.26 Å². The van der Waals surface area contributed by atoms with Gasteiger partial charge in [0.1, 0.15) is 0 Å². The van der Waals surface area contributed by atoms with Crippen molar-refractivity contribution in [2.75, 3.05) is 0 Å². The third kappa shape index (κ3) is 446. The molecule has 0 aromatic rings. The van der Waals surface area contributed by atoms with E-state index in [9.17, 15) is 0 Å². The van der Waals surface area contributed by atoms with Crippen molar-refractivity contribution in [1.82, 2.24) is 0 Å². The van der Waals surface area contributed by atoms with Crippen molar-refractivity contribution in [3.05, 3.63) is 0 Å². The van der Waals surface area contributed by atoms with Crippen LogP contribution in [-0.4, -0.2) is 38.3 Å². The molecule has 72 valence electrons. The fourth-order valence-electron chi connectivity index (χ4n) is 0. The van der Waals surface area contributed by atoms with E-state index in [1.165, 1.54) is 6.92 Å². The summed E-state index contributed by atoms with van der Waals surface area (Å²) in [6.07, 6.45) is 0. The van der Waals surface area contributed by atoms with E-state index >= 15 is 0 Å². The summed E-state index contributed by atoms with van der Waals surface area (Å²) >= 11 is 0. The highest BCUT2D eigenvalue weighted by Gasteiger charge is 1.17. The molecule has 0 fully saturated rings. The minimum atomic E-state index is 0. The van der Waals surface area contributed by atoms with E-state index in [1.807, 2.05) is 0 Å². The van der Waals surface area contributed by atoms with Gasteiger partial charge in [0.2, 0.25) is 0 Å². The molecule has 0 aliphatic rings. The van der Waals surface area contributed by atoms with Crippen LogP contribution in [0.15, 0.2) is 0 Å². The highest BCUT2D eigenvalue weighted by Crippen LogP contribution is 1.21. The SMILES string of the molecule is CC#N.O.O.O.O.O.O.O. The Balaban J connectivity index is -0.000000000952. The first-order valence-electron chi connectivity index (χ1n) is 0.724. The molecule has 0 radical (unpaired) electrons. The third-order valence-corrected chi connectivity index (χ3v) is 0. The predicted molar refractivity (Wildman–Crippen MR) is 36.6 cm³/mol. The molecule has 14 N–H and O–H groups in total. The quantitative estimate of drug-likeness (QED) is 0.336. The number of hydrogen-bond donors (Lipinski definition) is 0. The van der Waals surface area contributed by atoms with Crippen molar-refractivity contribution in [2.24, 2.45) is 0 Å². The van der Waals surface area contributed by atoms with Crippen LogP contribution in [0.5, 0.6) is 0 Å². The van der Waals surface area contributed by atoms with Gasteiger partial charge in [-0.3, -0.25) is 0 Å². The first-order chi connectivity index (χ1) is 1.41. The summed E-state index contributed by atoms with van der Waals surface area (Å²) in [6.45, 7) is 1.43. The normalized spacial score (nSPS) is 0.800. The summed E-state index contributed by atoms with van der Waals surface area (Å²) in [6, 6.07) is 1.75. The van der Waals surface area contributed by atoms with Crippen LogP contribution in [0.25, 0.3) is 0 Å². The molecule has 0 unspecified atom stereocenters. The Hall–Kier alpha value is -0.790. The summed E-state index contributed by atoms with van der Waals surface area (Å²) in [5.74, 6) is 0. The van der Waals surface area contributed by atoms with Crippen molar-refractivity contribution >= 4 is 0 Å². The maximum Gasteiger partial charge on any atom is 0.0587 e. The highest BCUT2D eigenvalue weighted by atomic mass is 16.0. The Kier molecular flexibility index (Phi) is 410000. The smallest absolute Gasteiger partial charge is 0.0587 e. The molecule has 0 saturated carbocycles. The van der Waals surface area contributed by atoms with Crippen molar-refractivity contribution < 1.29 is 38.3 Å². The van der Waals surface area contributed by atoms with Gasteiger partial charge in [-0.1, -0.05) is 0 Å². The van der Waals surface area contributed by atoms with Gasteiger partial charge in [-0.15, -0.1) is 0 Å². The molecule has 0 rings (SSSR count). The minimum absolute atomic E-state index is 0. The number of hydrogen-bond acceptors (Lipinski definition) is 1.